The number of pyridine rings is 1. The Bertz CT molecular complexity index is 584. The van der Waals surface area contributed by atoms with Crippen molar-refractivity contribution in [1.29, 1.82) is 0 Å². The molecule has 0 spiro atoms. The highest BCUT2D eigenvalue weighted by Crippen LogP contribution is 2.27. The van der Waals surface area contributed by atoms with Crippen LogP contribution in [0.2, 0.25) is 5.02 Å². The van der Waals surface area contributed by atoms with Gasteiger partial charge in [-0.2, -0.15) is 0 Å². The summed E-state index contributed by atoms with van der Waals surface area (Å²) >= 11 is 5.99. The van der Waals surface area contributed by atoms with Crippen LogP contribution in [0.15, 0.2) is 36.5 Å². The summed E-state index contributed by atoms with van der Waals surface area (Å²) in [6.07, 6.45) is 2.97. The van der Waals surface area contributed by atoms with Crippen LogP contribution in [0.3, 0.4) is 0 Å². The molecule has 1 heterocycles. The lowest BCUT2D eigenvalue weighted by Gasteiger charge is -2.14. The van der Waals surface area contributed by atoms with Gasteiger partial charge in [0.15, 0.2) is 0 Å². The van der Waals surface area contributed by atoms with Gasteiger partial charge in [-0.3, -0.25) is 0 Å². The van der Waals surface area contributed by atoms with E-state index in [0.717, 1.165) is 29.8 Å². The lowest BCUT2D eigenvalue weighted by atomic mass is 10.1. The number of aromatic nitrogens is 1. The predicted octanol–water partition coefficient (Wildman–Crippen LogP) is 4.90. The molecule has 0 amide bonds. The van der Waals surface area contributed by atoms with Crippen LogP contribution in [0.5, 0.6) is 11.6 Å². The first-order valence-corrected chi connectivity index (χ1v) is 7.61. The summed E-state index contributed by atoms with van der Waals surface area (Å²) < 4.78 is 5.79. The van der Waals surface area contributed by atoms with E-state index in [-0.39, 0.29) is 0 Å². The molecule has 1 N–H and O–H groups in total. The van der Waals surface area contributed by atoms with Crippen molar-refractivity contribution in [2.24, 2.45) is 0 Å². The second kappa shape index (κ2) is 7.43. The van der Waals surface area contributed by atoms with Gasteiger partial charge < -0.3 is 10.1 Å². The summed E-state index contributed by atoms with van der Waals surface area (Å²) in [5.41, 5.74) is 2.18. The standard InChI is InChI=1S/C17H21ClN2O/c1-4-9-19-13(3)14-6-8-17(20-11-14)21-16-10-15(18)7-5-12(16)2/h5-8,10-11,13,19H,4,9H2,1-3H3. The summed E-state index contributed by atoms with van der Waals surface area (Å²) in [4.78, 5) is 4.37. The Morgan fingerprint density at radius 1 is 1.29 bits per heavy atom. The van der Waals surface area contributed by atoms with E-state index in [4.69, 9.17) is 16.3 Å². The molecule has 2 rings (SSSR count). The van der Waals surface area contributed by atoms with E-state index in [1.807, 2.05) is 37.4 Å². The Morgan fingerprint density at radius 3 is 2.76 bits per heavy atom. The summed E-state index contributed by atoms with van der Waals surface area (Å²) in [5, 5.41) is 4.09. The molecule has 0 saturated carbocycles. The maximum atomic E-state index is 5.99. The minimum absolute atomic E-state index is 0.291. The number of nitrogens with one attached hydrogen (secondary N) is 1. The van der Waals surface area contributed by atoms with Crippen molar-refractivity contribution < 1.29 is 4.74 Å². The summed E-state index contributed by atoms with van der Waals surface area (Å²) in [7, 11) is 0. The van der Waals surface area contributed by atoms with Crippen LogP contribution >= 0.6 is 11.6 Å². The van der Waals surface area contributed by atoms with Gasteiger partial charge in [-0.15, -0.1) is 0 Å². The Hall–Kier alpha value is -1.58. The van der Waals surface area contributed by atoms with Crippen molar-refractivity contribution in [3.63, 3.8) is 0 Å². The van der Waals surface area contributed by atoms with Crippen molar-refractivity contribution in [3.05, 3.63) is 52.7 Å². The van der Waals surface area contributed by atoms with Crippen LogP contribution in [0.25, 0.3) is 0 Å². The molecule has 0 saturated heterocycles. The number of hydrogen-bond acceptors (Lipinski definition) is 3. The first kappa shape index (κ1) is 15.8. The van der Waals surface area contributed by atoms with Crippen molar-refractivity contribution in [3.8, 4) is 11.6 Å². The van der Waals surface area contributed by atoms with E-state index in [0.29, 0.717) is 16.9 Å². The number of benzene rings is 1. The lowest BCUT2D eigenvalue weighted by Crippen LogP contribution is -2.19. The highest BCUT2D eigenvalue weighted by molar-refractivity contribution is 6.30. The van der Waals surface area contributed by atoms with Gasteiger partial charge in [-0.1, -0.05) is 30.7 Å². The van der Waals surface area contributed by atoms with Crippen molar-refractivity contribution in [2.75, 3.05) is 6.54 Å². The van der Waals surface area contributed by atoms with E-state index in [9.17, 15) is 0 Å². The number of aryl methyl sites for hydroxylation is 1. The smallest absolute Gasteiger partial charge is 0.219 e. The Balaban J connectivity index is 2.07. The molecule has 2 aromatic rings. The molecule has 112 valence electrons. The van der Waals surface area contributed by atoms with Gasteiger partial charge in [0.1, 0.15) is 5.75 Å². The van der Waals surface area contributed by atoms with Gasteiger partial charge >= 0.3 is 0 Å². The maximum Gasteiger partial charge on any atom is 0.219 e. The molecule has 0 radical (unpaired) electrons. The SMILES string of the molecule is CCCNC(C)c1ccc(Oc2cc(Cl)ccc2C)nc1. The Kier molecular flexibility index (Phi) is 5.59. The molecule has 1 aromatic heterocycles. The van der Waals surface area contributed by atoms with E-state index in [1.165, 1.54) is 0 Å². The second-order valence-corrected chi connectivity index (χ2v) is 5.55. The van der Waals surface area contributed by atoms with Gasteiger partial charge in [0, 0.05) is 23.3 Å². The molecule has 0 bridgehead atoms. The third-order valence-corrected chi connectivity index (χ3v) is 3.56. The number of rotatable bonds is 6. The number of ether oxygens (including phenoxy) is 1. The molecule has 1 aromatic carbocycles. The van der Waals surface area contributed by atoms with Crippen LogP contribution in [0.4, 0.5) is 0 Å². The van der Waals surface area contributed by atoms with Gasteiger partial charge in [0.2, 0.25) is 5.88 Å². The van der Waals surface area contributed by atoms with Crippen LogP contribution in [-0.4, -0.2) is 11.5 Å². The van der Waals surface area contributed by atoms with Gasteiger partial charge in [0.05, 0.1) is 0 Å². The molecule has 1 unspecified atom stereocenters. The third kappa shape index (κ3) is 4.45. The van der Waals surface area contributed by atoms with Crippen LogP contribution in [0.1, 0.15) is 37.4 Å². The molecular formula is C17H21ClN2O. The third-order valence-electron chi connectivity index (χ3n) is 3.32. The Morgan fingerprint density at radius 2 is 2.10 bits per heavy atom. The van der Waals surface area contributed by atoms with Gasteiger partial charge in [-0.05, 0) is 50.1 Å². The van der Waals surface area contributed by atoms with Gasteiger partial charge in [0.25, 0.3) is 0 Å². The monoisotopic (exact) mass is 304 g/mol. The topological polar surface area (TPSA) is 34.1 Å². The lowest BCUT2D eigenvalue weighted by molar-refractivity contribution is 0.458. The van der Waals surface area contributed by atoms with Crippen LogP contribution < -0.4 is 10.1 Å². The first-order chi connectivity index (χ1) is 10.1. The average Bonchev–Trinajstić information content (AvgIpc) is 2.49. The zero-order chi connectivity index (χ0) is 15.2. The molecule has 0 aliphatic carbocycles. The zero-order valence-corrected chi connectivity index (χ0v) is 13.4. The number of halogens is 1. The van der Waals surface area contributed by atoms with E-state index >= 15 is 0 Å². The summed E-state index contributed by atoms with van der Waals surface area (Å²) in [6, 6.07) is 9.80. The highest BCUT2D eigenvalue weighted by Gasteiger charge is 2.07. The van der Waals surface area contributed by atoms with Crippen molar-refractivity contribution in [2.45, 2.75) is 33.2 Å². The molecule has 0 aliphatic heterocycles. The van der Waals surface area contributed by atoms with Crippen molar-refractivity contribution in [1.82, 2.24) is 10.3 Å². The van der Waals surface area contributed by atoms with E-state index in [2.05, 4.69) is 24.1 Å². The highest BCUT2D eigenvalue weighted by atomic mass is 35.5. The quantitative estimate of drug-likeness (QED) is 0.824. The van der Waals surface area contributed by atoms with Gasteiger partial charge in [-0.25, -0.2) is 4.98 Å². The molecule has 1 atom stereocenters. The average molecular weight is 305 g/mol. The van der Waals surface area contributed by atoms with E-state index < -0.39 is 0 Å². The second-order valence-electron chi connectivity index (χ2n) is 5.12. The largest absolute Gasteiger partial charge is 0.439 e. The molecule has 3 nitrogen and oxygen atoms in total. The normalized spacial score (nSPS) is 12.2. The van der Waals surface area contributed by atoms with Crippen molar-refractivity contribution >= 4 is 11.6 Å². The number of nitrogens with zero attached hydrogens (tertiary/aromatic N) is 1. The first-order valence-electron chi connectivity index (χ1n) is 7.23. The number of hydrogen-bond donors (Lipinski definition) is 1. The summed E-state index contributed by atoms with van der Waals surface area (Å²) in [5.74, 6) is 1.31. The molecule has 21 heavy (non-hydrogen) atoms. The van der Waals surface area contributed by atoms with Crippen LogP contribution in [-0.2, 0) is 0 Å². The predicted molar refractivity (Wildman–Crippen MR) is 87.2 cm³/mol. The fourth-order valence-corrected chi connectivity index (χ4v) is 2.15. The fourth-order valence-electron chi connectivity index (χ4n) is 1.98. The maximum absolute atomic E-state index is 5.99. The molecule has 0 aliphatic rings. The molecule has 0 fully saturated rings. The molecule has 4 heteroatoms. The fraction of sp³-hybridized carbons (Fsp3) is 0.353. The zero-order valence-electron chi connectivity index (χ0n) is 12.7. The minimum Gasteiger partial charge on any atom is -0.439 e. The minimum atomic E-state index is 0.291. The summed E-state index contributed by atoms with van der Waals surface area (Å²) in [6.45, 7) is 7.27. The Labute approximate surface area is 131 Å². The molecular weight excluding hydrogens is 284 g/mol. The van der Waals surface area contributed by atoms with Crippen LogP contribution in [0, 0.1) is 6.92 Å². The van der Waals surface area contributed by atoms with E-state index in [1.54, 1.807) is 6.07 Å².